The topological polar surface area (TPSA) is 23.8 Å². The van der Waals surface area contributed by atoms with Gasteiger partial charge in [-0.15, -0.1) is 0 Å². The molecule has 1 aromatic carbocycles. The van der Waals surface area contributed by atoms with E-state index in [1.165, 1.54) is 24.8 Å². The largest absolute Gasteiger partial charge is 0.192 e. The van der Waals surface area contributed by atoms with E-state index >= 15 is 0 Å². The van der Waals surface area contributed by atoms with E-state index in [-0.39, 0.29) is 0 Å². The van der Waals surface area contributed by atoms with Crippen LogP contribution in [0.3, 0.4) is 0 Å². The van der Waals surface area contributed by atoms with Gasteiger partial charge >= 0.3 is 0 Å². The van der Waals surface area contributed by atoms with Gasteiger partial charge in [-0.1, -0.05) is 18.6 Å². The van der Waals surface area contributed by atoms with E-state index in [0.29, 0.717) is 5.92 Å². The van der Waals surface area contributed by atoms with Gasteiger partial charge in [0.2, 0.25) is 0 Å². The smallest absolute Gasteiger partial charge is 0.0991 e. The van der Waals surface area contributed by atoms with Crippen molar-refractivity contribution in [2.75, 3.05) is 0 Å². The standard InChI is InChI=1S/C12H12N/c13-9-10-5-7-12(8-6-10)11-3-1-2-4-11/h3,5-8,11H,1-2,4H2. The molecule has 0 amide bonds. The predicted molar refractivity (Wildman–Crippen MR) is 52.0 cm³/mol. The van der Waals surface area contributed by atoms with Crippen LogP contribution in [0.4, 0.5) is 0 Å². The molecular weight excluding hydrogens is 158 g/mol. The first kappa shape index (κ1) is 8.31. The first-order chi connectivity index (χ1) is 6.40. The Kier molecular flexibility index (Phi) is 2.31. The summed E-state index contributed by atoms with van der Waals surface area (Å²) in [6.07, 6.45) is 6.20. The molecule has 1 aliphatic carbocycles. The quantitative estimate of drug-likeness (QED) is 0.635. The van der Waals surface area contributed by atoms with E-state index in [1.54, 1.807) is 0 Å². The maximum atomic E-state index is 8.64. The zero-order valence-electron chi connectivity index (χ0n) is 7.53. The van der Waals surface area contributed by atoms with Crippen molar-refractivity contribution in [2.45, 2.75) is 25.2 Å². The fourth-order valence-corrected chi connectivity index (χ4v) is 1.88. The van der Waals surface area contributed by atoms with Gasteiger partial charge in [-0.3, -0.25) is 0 Å². The van der Waals surface area contributed by atoms with E-state index in [0.717, 1.165) is 5.56 Å². The third-order valence-electron chi connectivity index (χ3n) is 2.64. The second-order valence-corrected chi connectivity index (χ2v) is 3.51. The van der Waals surface area contributed by atoms with Gasteiger partial charge in [-0.05, 0) is 42.9 Å². The van der Waals surface area contributed by atoms with Gasteiger partial charge in [0.1, 0.15) is 0 Å². The molecule has 65 valence electrons. The van der Waals surface area contributed by atoms with Crippen molar-refractivity contribution >= 4 is 0 Å². The molecule has 0 bridgehead atoms. The Labute approximate surface area is 79.0 Å². The zero-order valence-corrected chi connectivity index (χ0v) is 7.53. The third kappa shape index (κ3) is 1.72. The van der Waals surface area contributed by atoms with Crippen molar-refractivity contribution in [3.63, 3.8) is 0 Å². The van der Waals surface area contributed by atoms with Crippen molar-refractivity contribution < 1.29 is 0 Å². The number of hydrogen-bond donors (Lipinski definition) is 0. The Hall–Kier alpha value is -1.29. The summed E-state index contributed by atoms with van der Waals surface area (Å²) in [5.41, 5.74) is 2.11. The van der Waals surface area contributed by atoms with Crippen molar-refractivity contribution in [3.8, 4) is 6.07 Å². The highest BCUT2D eigenvalue weighted by Crippen LogP contribution is 2.32. The van der Waals surface area contributed by atoms with E-state index in [2.05, 4.69) is 24.6 Å². The number of nitriles is 1. The fourth-order valence-electron chi connectivity index (χ4n) is 1.88. The Balaban J connectivity index is 2.18. The van der Waals surface area contributed by atoms with Gasteiger partial charge in [-0.25, -0.2) is 0 Å². The molecule has 0 spiro atoms. The van der Waals surface area contributed by atoms with Crippen molar-refractivity contribution in [3.05, 3.63) is 41.8 Å². The van der Waals surface area contributed by atoms with Gasteiger partial charge in [0, 0.05) is 0 Å². The van der Waals surface area contributed by atoms with Crippen LogP contribution in [0.5, 0.6) is 0 Å². The maximum absolute atomic E-state index is 8.64. The van der Waals surface area contributed by atoms with Crippen molar-refractivity contribution in [1.82, 2.24) is 0 Å². The Morgan fingerprint density at radius 3 is 2.54 bits per heavy atom. The molecule has 1 atom stereocenters. The first-order valence-electron chi connectivity index (χ1n) is 4.73. The van der Waals surface area contributed by atoms with Gasteiger partial charge in [0.25, 0.3) is 0 Å². The van der Waals surface area contributed by atoms with Crippen LogP contribution in [0.1, 0.15) is 36.3 Å². The third-order valence-corrected chi connectivity index (χ3v) is 2.64. The lowest BCUT2D eigenvalue weighted by Crippen LogP contribution is -1.91. The summed E-state index contributed by atoms with van der Waals surface area (Å²) in [5.74, 6) is 0.632. The monoisotopic (exact) mass is 170 g/mol. The molecule has 1 heteroatoms. The van der Waals surface area contributed by atoms with Crippen LogP contribution in [0.2, 0.25) is 0 Å². The number of nitrogens with zero attached hydrogens (tertiary/aromatic N) is 1. The molecule has 0 heterocycles. The van der Waals surface area contributed by atoms with Gasteiger partial charge < -0.3 is 0 Å². The summed E-state index contributed by atoms with van der Waals surface area (Å²) < 4.78 is 0. The summed E-state index contributed by atoms with van der Waals surface area (Å²) in [5, 5.41) is 8.64. The summed E-state index contributed by atoms with van der Waals surface area (Å²) in [7, 11) is 0. The highest BCUT2D eigenvalue weighted by molar-refractivity contribution is 5.34. The number of benzene rings is 1. The summed E-state index contributed by atoms with van der Waals surface area (Å²) in [6, 6.07) is 10.1. The molecule has 0 aliphatic heterocycles. The number of rotatable bonds is 1. The van der Waals surface area contributed by atoms with Gasteiger partial charge in [0.05, 0.1) is 11.6 Å². The molecule has 1 nitrogen and oxygen atoms in total. The molecule has 2 rings (SSSR count). The normalized spacial score (nSPS) is 17.2. The molecule has 0 saturated heterocycles. The van der Waals surface area contributed by atoms with Gasteiger partial charge in [0.15, 0.2) is 0 Å². The van der Waals surface area contributed by atoms with Crippen LogP contribution in [-0.4, -0.2) is 0 Å². The molecule has 13 heavy (non-hydrogen) atoms. The first-order valence-corrected chi connectivity index (χ1v) is 4.73. The molecule has 0 N–H and O–H groups in total. The Bertz CT molecular complexity index is 312. The minimum absolute atomic E-state index is 0.632. The molecule has 1 fully saturated rings. The second kappa shape index (κ2) is 3.62. The van der Waals surface area contributed by atoms with E-state index < -0.39 is 0 Å². The minimum atomic E-state index is 0.632. The van der Waals surface area contributed by atoms with Crippen LogP contribution in [0.15, 0.2) is 24.3 Å². The molecule has 1 aromatic rings. The lowest BCUT2D eigenvalue weighted by molar-refractivity contribution is 0.790. The van der Waals surface area contributed by atoms with E-state index in [4.69, 9.17) is 5.26 Å². The van der Waals surface area contributed by atoms with Crippen molar-refractivity contribution in [2.24, 2.45) is 0 Å². The Morgan fingerprint density at radius 2 is 2.00 bits per heavy atom. The van der Waals surface area contributed by atoms with E-state index in [9.17, 15) is 0 Å². The highest BCUT2D eigenvalue weighted by Gasteiger charge is 2.16. The molecule has 1 saturated carbocycles. The van der Waals surface area contributed by atoms with E-state index in [1.807, 2.05) is 12.1 Å². The van der Waals surface area contributed by atoms with Crippen LogP contribution in [0, 0.1) is 17.8 Å². The van der Waals surface area contributed by atoms with Crippen LogP contribution in [-0.2, 0) is 0 Å². The minimum Gasteiger partial charge on any atom is -0.192 e. The lowest BCUT2D eigenvalue weighted by Gasteiger charge is -2.07. The van der Waals surface area contributed by atoms with Crippen molar-refractivity contribution in [1.29, 1.82) is 5.26 Å². The molecule has 1 radical (unpaired) electrons. The average molecular weight is 170 g/mol. The average Bonchev–Trinajstić information content (AvgIpc) is 2.71. The molecule has 0 aromatic heterocycles. The van der Waals surface area contributed by atoms with Crippen LogP contribution in [0.25, 0.3) is 0 Å². The summed E-state index contributed by atoms with van der Waals surface area (Å²) in [4.78, 5) is 0. The Morgan fingerprint density at radius 1 is 1.23 bits per heavy atom. The predicted octanol–water partition coefficient (Wildman–Crippen LogP) is 3.03. The summed E-state index contributed by atoms with van der Waals surface area (Å²) >= 11 is 0. The zero-order chi connectivity index (χ0) is 9.10. The SMILES string of the molecule is N#Cc1ccc(C2[CH]CCC2)cc1. The molecular formula is C12H12N. The lowest BCUT2D eigenvalue weighted by atomic mass is 9.97. The van der Waals surface area contributed by atoms with Crippen LogP contribution < -0.4 is 0 Å². The van der Waals surface area contributed by atoms with Crippen LogP contribution >= 0.6 is 0 Å². The van der Waals surface area contributed by atoms with Gasteiger partial charge in [-0.2, -0.15) is 5.26 Å². The molecule has 1 aliphatic rings. The maximum Gasteiger partial charge on any atom is 0.0991 e. The number of hydrogen-bond acceptors (Lipinski definition) is 1. The highest BCUT2D eigenvalue weighted by atomic mass is 14.2. The second-order valence-electron chi connectivity index (χ2n) is 3.51. The molecule has 1 unspecified atom stereocenters. The summed E-state index contributed by atoms with van der Waals surface area (Å²) in [6.45, 7) is 0. The fraction of sp³-hybridized carbons (Fsp3) is 0.333.